The number of carbonyl (C=O) groups excluding carboxylic acids is 4. The molecular formula is C36H39BrN6O8. The molecule has 7 atom stereocenters. The smallest absolute Gasteiger partial charge is 0.313 e. The molecule has 4 aliphatic heterocycles. The molecule has 4 aliphatic rings. The second kappa shape index (κ2) is 14.7. The highest BCUT2D eigenvalue weighted by Crippen LogP contribution is 2.59. The van der Waals surface area contributed by atoms with Crippen LogP contribution < -0.4 is 5.32 Å². The van der Waals surface area contributed by atoms with Gasteiger partial charge in [0.2, 0.25) is 11.8 Å². The summed E-state index contributed by atoms with van der Waals surface area (Å²) in [7, 11) is 1.50. The third kappa shape index (κ3) is 6.36. The van der Waals surface area contributed by atoms with Crippen LogP contribution in [0.5, 0.6) is 0 Å². The van der Waals surface area contributed by atoms with Gasteiger partial charge in [-0.05, 0) is 36.6 Å². The Hall–Kier alpha value is -4.44. The van der Waals surface area contributed by atoms with Crippen LogP contribution >= 0.6 is 15.9 Å². The van der Waals surface area contributed by atoms with Gasteiger partial charge in [0.05, 0.1) is 24.1 Å². The van der Waals surface area contributed by atoms with Crippen molar-refractivity contribution in [3.63, 3.8) is 0 Å². The third-order valence-electron chi connectivity index (χ3n) is 9.99. The fraction of sp³-hybridized carbons (Fsp3) is 0.444. The van der Waals surface area contributed by atoms with E-state index in [2.05, 4.69) is 31.6 Å². The standard InChI is InChI=1S/C36H39BrN6O8/c1-49-20-25-30(22-11-4-2-5-12-22)50-35(48)28-29-33(46)42(17-10-18-44)32(36(29)19-23(37)31(28)51-36)34(47)41(16-9-3-6-15-27(45)38-25)21-43-26-14-8-7-13-24(26)39-40-43/h2-5,7-9,11-14,19,25,28-32,44H,6,10,15-18,20-21H2,1H3,(H,38,45)/b9-3-/t25-,28+,29-,30-,31+,32+,36-/m0/s1. The zero-order valence-electron chi connectivity index (χ0n) is 28.0. The molecule has 51 heavy (non-hydrogen) atoms. The molecule has 0 unspecified atom stereocenters. The summed E-state index contributed by atoms with van der Waals surface area (Å²) < 4.78 is 20.5. The summed E-state index contributed by atoms with van der Waals surface area (Å²) in [6, 6.07) is 14.5. The number of benzene rings is 2. The lowest BCUT2D eigenvalue weighted by Crippen LogP contribution is -2.56. The number of rotatable bonds is 8. The van der Waals surface area contributed by atoms with Gasteiger partial charge in [-0.1, -0.05) is 75.8 Å². The highest BCUT2D eigenvalue weighted by Gasteiger charge is 2.75. The molecule has 5 bridgehead atoms. The molecule has 2 aromatic carbocycles. The second-order valence-electron chi connectivity index (χ2n) is 13.1. The highest BCUT2D eigenvalue weighted by molar-refractivity contribution is 9.11. The van der Waals surface area contributed by atoms with Gasteiger partial charge in [-0.3, -0.25) is 19.2 Å². The number of cyclic esters (lactones) is 1. The van der Waals surface area contributed by atoms with Crippen LogP contribution in [-0.4, -0.2) is 111 Å². The predicted octanol–water partition coefficient (Wildman–Crippen LogP) is 2.24. The minimum Gasteiger partial charge on any atom is -0.455 e. The molecule has 0 saturated carbocycles. The number of nitrogens with one attached hydrogen (secondary N) is 1. The summed E-state index contributed by atoms with van der Waals surface area (Å²) in [6.07, 6.45) is 4.24. The van der Waals surface area contributed by atoms with E-state index in [0.717, 1.165) is 0 Å². The van der Waals surface area contributed by atoms with Gasteiger partial charge in [0, 0.05) is 37.7 Å². The molecule has 2 N–H and O–H groups in total. The number of methoxy groups -OCH3 is 1. The van der Waals surface area contributed by atoms with Crippen LogP contribution in [0.25, 0.3) is 11.0 Å². The number of hydrogen-bond acceptors (Lipinski definition) is 10. The van der Waals surface area contributed by atoms with Gasteiger partial charge in [0.25, 0.3) is 5.91 Å². The largest absolute Gasteiger partial charge is 0.455 e. The number of allylic oxidation sites excluding steroid dienone is 1. The summed E-state index contributed by atoms with van der Waals surface area (Å²) in [6.45, 7) is 0.0263. The molecule has 5 heterocycles. The van der Waals surface area contributed by atoms with E-state index in [0.29, 0.717) is 27.5 Å². The first-order valence-corrected chi connectivity index (χ1v) is 17.8. The summed E-state index contributed by atoms with van der Waals surface area (Å²) in [5.74, 6) is -4.05. The lowest BCUT2D eigenvalue weighted by Gasteiger charge is -2.35. The Labute approximate surface area is 302 Å². The van der Waals surface area contributed by atoms with Gasteiger partial charge in [-0.15, -0.1) is 5.10 Å². The van der Waals surface area contributed by atoms with Crippen molar-refractivity contribution in [1.29, 1.82) is 0 Å². The highest BCUT2D eigenvalue weighted by atomic mass is 79.9. The van der Waals surface area contributed by atoms with Crippen LogP contribution in [0.4, 0.5) is 0 Å². The summed E-state index contributed by atoms with van der Waals surface area (Å²) in [5, 5.41) is 21.3. The topological polar surface area (TPSA) is 165 Å². The van der Waals surface area contributed by atoms with E-state index in [1.54, 1.807) is 46.0 Å². The molecule has 0 radical (unpaired) electrons. The van der Waals surface area contributed by atoms with Crippen molar-refractivity contribution < 1.29 is 38.5 Å². The number of aliphatic hydroxyl groups excluding tert-OH is 1. The predicted molar refractivity (Wildman–Crippen MR) is 185 cm³/mol. The Bertz CT molecular complexity index is 1870. The number of carbonyl (C=O) groups is 4. The van der Waals surface area contributed by atoms with E-state index in [4.69, 9.17) is 14.2 Å². The lowest BCUT2D eigenvalue weighted by molar-refractivity contribution is -0.162. The monoisotopic (exact) mass is 762 g/mol. The molecule has 1 aromatic heterocycles. The molecular weight excluding hydrogens is 724 g/mol. The normalized spacial score (nSPS) is 30.4. The molecule has 3 aromatic rings. The zero-order valence-corrected chi connectivity index (χ0v) is 29.6. The number of esters is 1. The number of halogens is 1. The SMILES string of the molecule is COC[C@@H]1NC(=O)CC/C=C\CN(Cn2nnc3ccccc32)C(=O)[C@H]2N(CCCO)C(=O)[C@@H]3[C@@H](C(=O)O[C@H]1c1ccccc1)[C@@H]1O[C@@]32C=C1Br. The zero-order chi connectivity index (χ0) is 35.7. The maximum Gasteiger partial charge on any atom is 0.313 e. The van der Waals surface area contributed by atoms with Crippen molar-refractivity contribution in [2.75, 3.05) is 33.4 Å². The van der Waals surface area contributed by atoms with Gasteiger partial charge >= 0.3 is 5.97 Å². The first kappa shape index (κ1) is 35.0. The van der Waals surface area contributed by atoms with E-state index in [9.17, 15) is 24.3 Å². The number of aliphatic hydroxyl groups is 1. The van der Waals surface area contributed by atoms with Crippen LogP contribution in [-0.2, 0) is 40.1 Å². The second-order valence-corrected chi connectivity index (χ2v) is 14.0. The number of para-hydroxylation sites is 1. The van der Waals surface area contributed by atoms with Crippen molar-refractivity contribution in [1.82, 2.24) is 30.1 Å². The fourth-order valence-electron chi connectivity index (χ4n) is 7.75. The molecule has 3 amide bonds. The van der Waals surface area contributed by atoms with Gasteiger partial charge in [0.15, 0.2) is 0 Å². The van der Waals surface area contributed by atoms with Crippen molar-refractivity contribution in [3.8, 4) is 0 Å². The first-order chi connectivity index (χ1) is 24.8. The Morgan fingerprint density at radius 3 is 2.61 bits per heavy atom. The van der Waals surface area contributed by atoms with Crippen LogP contribution in [0.15, 0.2) is 77.3 Å². The fourth-order valence-corrected chi connectivity index (χ4v) is 8.48. The van der Waals surface area contributed by atoms with E-state index in [-0.39, 0.29) is 51.7 Å². The van der Waals surface area contributed by atoms with E-state index >= 15 is 0 Å². The molecule has 0 aliphatic carbocycles. The van der Waals surface area contributed by atoms with Crippen molar-refractivity contribution in [2.45, 2.75) is 55.8 Å². The molecule has 2 saturated heterocycles. The average Bonchev–Trinajstić information content (AvgIpc) is 3.85. The number of amides is 3. The molecule has 1 spiro atoms. The Balaban J connectivity index is 1.32. The number of hydrogen-bond donors (Lipinski definition) is 2. The van der Waals surface area contributed by atoms with Crippen LogP contribution in [0.3, 0.4) is 0 Å². The Morgan fingerprint density at radius 2 is 1.82 bits per heavy atom. The van der Waals surface area contributed by atoms with Crippen LogP contribution in [0.2, 0.25) is 0 Å². The van der Waals surface area contributed by atoms with E-state index < -0.39 is 59.5 Å². The van der Waals surface area contributed by atoms with Gasteiger partial charge < -0.3 is 34.4 Å². The van der Waals surface area contributed by atoms with E-state index in [1.165, 1.54) is 12.0 Å². The number of likely N-dealkylation sites (tertiary alicyclic amines) is 1. The Morgan fingerprint density at radius 1 is 1.04 bits per heavy atom. The molecule has 2 fully saturated rings. The number of nitrogens with zero attached hydrogens (tertiary/aromatic N) is 5. The van der Waals surface area contributed by atoms with Gasteiger partial charge in [-0.25, -0.2) is 4.68 Å². The number of aromatic nitrogens is 3. The van der Waals surface area contributed by atoms with Gasteiger partial charge in [-0.2, -0.15) is 0 Å². The van der Waals surface area contributed by atoms with Crippen molar-refractivity contribution in [3.05, 3.63) is 82.9 Å². The molecule has 7 rings (SSSR count). The maximum absolute atomic E-state index is 15.0. The molecule has 14 nitrogen and oxygen atoms in total. The van der Waals surface area contributed by atoms with Crippen LogP contribution in [0, 0.1) is 11.8 Å². The minimum absolute atomic E-state index is 0.000681. The lowest BCUT2D eigenvalue weighted by atomic mass is 9.74. The van der Waals surface area contributed by atoms with Crippen molar-refractivity contribution >= 4 is 50.7 Å². The van der Waals surface area contributed by atoms with E-state index in [1.807, 2.05) is 36.4 Å². The third-order valence-corrected chi connectivity index (χ3v) is 10.7. The maximum atomic E-state index is 15.0. The molecule has 268 valence electrons. The quantitative estimate of drug-likeness (QED) is 0.257. The Kier molecular flexibility index (Phi) is 10.1. The molecule has 15 heteroatoms. The summed E-state index contributed by atoms with van der Waals surface area (Å²) >= 11 is 3.59. The minimum atomic E-state index is -1.50. The average molecular weight is 764 g/mol. The first-order valence-electron chi connectivity index (χ1n) is 17.0. The summed E-state index contributed by atoms with van der Waals surface area (Å²) in [5.41, 5.74) is 0.500. The van der Waals surface area contributed by atoms with Gasteiger partial charge in [0.1, 0.15) is 42.0 Å². The van der Waals surface area contributed by atoms with Crippen molar-refractivity contribution in [2.24, 2.45) is 11.8 Å². The summed E-state index contributed by atoms with van der Waals surface area (Å²) in [4.78, 5) is 60.2. The number of fused-ring (bicyclic) bond motifs is 3. The van der Waals surface area contributed by atoms with Crippen LogP contribution in [0.1, 0.15) is 30.9 Å². The number of ether oxygens (including phenoxy) is 3.